The van der Waals surface area contributed by atoms with Gasteiger partial charge in [-0.1, -0.05) is 0 Å². The van der Waals surface area contributed by atoms with Crippen LogP contribution >= 0.6 is 0 Å². The molecule has 0 atom stereocenters. The van der Waals surface area contributed by atoms with Crippen LogP contribution in [0.3, 0.4) is 0 Å². The minimum atomic E-state index is -1.28. The Labute approximate surface area is 118 Å². The molecule has 0 aromatic carbocycles. The molecule has 10 heteroatoms. The lowest BCUT2D eigenvalue weighted by molar-refractivity contribution is 0.0692. The molecule has 0 radical (unpaired) electrons. The Hall–Kier alpha value is -3.17. The van der Waals surface area contributed by atoms with Crippen LogP contribution in [-0.2, 0) is 14.1 Å². The normalized spacial score (nSPS) is 10.4. The molecule has 0 saturated heterocycles. The molecule has 0 bridgehead atoms. The Bertz CT molecular complexity index is 744. The molecule has 2 rings (SSSR count). The standard InChI is InChI=1S/C11H12N6O4/c1-16-7(5(3-13-16)11(20)21)10(19)15-6-4-14-17(2)8(6)9(12)18/h3-4H,1-2H3,(H2,12,18)(H,15,19)(H,20,21). The minimum Gasteiger partial charge on any atom is -0.478 e. The maximum absolute atomic E-state index is 12.2. The first-order chi connectivity index (χ1) is 9.82. The third-order valence-corrected chi connectivity index (χ3v) is 2.80. The van der Waals surface area contributed by atoms with Gasteiger partial charge >= 0.3 is 5.97 Å². The number of nitrogens with two attached hydrogens (primary N) is 1. The van der Waals surface area contributed by atoms with Crippen LogP contribution in [0.25, 0.3) is 0 Å². The molecule has 10 nitrogen and oxygen atoms in total. The fourth-order valence-corrected chi connectivity index (χ4v) is 1.87. The Morgan fingerprint density at radius 2 is 1.71 bits per heavy atom. The number of anilines is 1. The van der Waals surface area contributed by atoms with Crippen LogP contribution in [0.15, 0.2) is 12.4 Å². The fourth-order valence-electron chi connectivity index (χ4n) is 1.87. The Balaban J connectivity index is 2.38. The first kappa shape index (κ1) is 14.2. The molecule has 0 unspecified atom stereocenters. The third-order valence-electron chi connectivity index (χ3n) is 2.80. The van der Waals surface area contributed by atoms with Crippen molar-refractivity contribution < 1.29 is 19.5 Å². The lowest BCUT2D eigenvalue weighted by Crippen LogP contribution is -2.22. The van der Waals surface area contributed by atoms with E-state index in [0.29, 0.717) is 0 Å². The lowest BCUT2D eigenvalue weighted by atomic mass is 10.2. The molecule has 0 fully saturated rings. The van der Waals surface area contributed by atoms with Crippen molar-refractivity contribution in [2.24, 2.45) is 19.8 Å². The number of hydrogen-bond donors (Lipinski definition) is 3. The van der Waals surface area contributed by atoms with E-state index in [1.165, 1.54) is 25.0 Å². The van der Waals surface area contributed by atoms with Gasteiger partial charge in [-0.25, -0.2) is 4.79 Å². The first-order valence-corrected chi connectivity index (χ1v) is 5.71. The zero-order valence-corrected chi connectivity index (χ0v) is 11.2. The zero-order valence-electron chi connectivity index (χ0n) is 11.2. The first-order valence-electron chi connectivity index (χ1n) is 5.71. The number of carboxylic acid groups (broad SMARTS) is 1. The summed E-state index contributed by atoms with van der Waals surface area (Å²) in [6, 6.07) is 0. The molecule has 0 spiro atoms. The Kier molecular flexibility index (Phi) is 3.44. The fraction of sp³-hybridized carbons (Fsp3) is 0.182. The van der Waals surface area contributed by atoms with Gasteiger partial charge in [-0.2, -0.15) is 10.2 Å². The number of nitrogens with zero attached hydrogens (tertiary/aromatic N) is 4. The van der Waals surface area contributed by atoms with E-state index in [0.717, 1.165) is 10.9 Å². The molecule has 2 aromatic rings. The highest BCUT2D eigenvalue weighted by Crippen LogP contribution is 2.16. The SMILES string of the molecule is Cn1ncc(NC(=O)c2c(C(=O)O)cnn2C)c1C(N)=O. The van der Waals surface area contributed by atoms with Crippen molar-refractivity contribution in [1.29, 1.82) is 0 Å². The largest absolute Gasteiger partial charge is 0.478 e. The number of carbonyl (C=O) groups excluding carboxylic acids is 2. The van der Waals surface area contributed by atoms with Crippen molar-refractivity contribution in [3.05, 3.63) is 29.3 Å². The molecule has 0 saturated carbocycles. The number of carbonyl (C=O) groups is 3. The summed E-state index contributed by atoms with van der Waals surface area (Å²) in [7, 11) is 2.92. The predicted molar refractivity (Wildman–Crippen MR) is 69.8 cm³/mol. The van der Waals surface area contributed by atoms with Crippen molar-refractivity contribution >= 4 is 23.5 Å². The van der Waals surface area contributed by atoms with E-state index in [4.69, 9.17) is 10.8 Å². The van der Waals surface area contributed by atoms with Gasteiger partial charge in [0.25, 0.3) is 11.8 Å². The van der Waals surface area contributed by atoms with Gasteiger partial charge in [0.2, 0.25) is 0 Å². The molecule has 2 amide bonds. The highest BCUT2D eigenvalue weighted by atomic mass is 16.4. The predicted octanol–water partition coefficient (Wildman–Crippen LogP) is -0.797. The average molecular weight is 292 g/mol. The van der Waals surface area contributed by atoms with Crippen LogP contribution in [0.1, 0.15) is 31.3 Å². The summed E-state index contributed by atoms with van der Waals surface area (Å²) in [5.41, 5.74) is 4.89. The van der Waals surface area contributed by atoms with Gasteiger partial charge in [0.1, 0.15) is 17.0 Å². The smallest absolute Gasteiger partial charge is 0.339 e. The maximum Gasteiger partial charge on any atom is 0.339 e. The van der Waals surface area contributed by atoms with Gasteiger partial charge in [0.05, 0.1) is 18.1 Å². The van der Waals surface area contributed by atoms with Crippen LogP contribution in [0.5, 0.6) is 0 Å². The van der Waals surface area contributed by atoms with Crippen molar-refractivity contribution in [2.75, 3.05) is 5.32 Å². The monoisotopic (exact) mass is 292 g/mol. The Morgan fingerprint density at radius 3 is 2.29 bits per heavy atom. The van der Waals surface area contributed by atoms with Crippen LogP contribution in [0.4, 0.5) is 5.69 Å². The number of carboxylic acids is 1. The van der Waals surface area contributed by atoms with Crippen molar-refractivity contribution in [3.63, 3.8) is 0 Å². The van der Waals surface area contributed by atoms with Crippen LogP contribution in [0.2, 0.25) is 0 Å². The van der Waals surface area contributed by atoms with E-state index < -0.39 is 17.8 Å². The van der Waals surface area contributed by atoms with Crippen molar-refractivity contribution in [1.82, 2.24) is 19.6 Å². The van der Waals surface area contributed by atoms with Gasteiger partial charge in [0.15, 0.2) is 0 Å². The van der Waals surface area contributed by atoms with Gasteiger partial charge in [-0.15, -0.1) is 0 Å². The summed E-state index contributed by atoms with van der Waals surface area (Å²) in [6.45, 7) is 0. The van der Waals surface area contributed by atoms with Gasteiger partial charge in [-0.05, 0) is 0 Å². The summed E-state index contributed by atoms with van der Waals surface area (Å²) < 4.78 is 2.33. The second-order valence-electron chi connectivity index (χ2n) is 4.18. The molecular formula is C11H12N6O4. The summed E-state index contributed by atoms with van der Waals surface area (Å²) >= 11 is 0. The van der Waals surface area contributed by atoms with Crippen molar-refractivity contribution in [3.8, 4) is 0 Å². The molecule has 2 heterocycles. The van der Waals surface area contributed by atoms with Crippen molar-refractivity contribution in [2.45, 2.75) is 0 Å². The number of rotatable bonds is 4. The zero-order chi connectivity index (χ0) is 15.7. The number of aromatic carboxylic acids is 1. The van der Waals surface area contributed by atoms with E-state index in [-0.39, 0.29) is 22.6 Å². The van der Waals surface area contributed by atoms with Gasteiger partial charge in [-0.3, -0.25) is 19.0 Å². The lowest BCUT2D eigenvalue weighted by Gasteiger charge is -2.06. The summed E-state index contributed by atoms with van der Waals surface area (Å²) in [4.78, 5) is 34.5. The number of aryl methyl sites for hydroxylation is 2. The van der Waals surface area contributed by atoms with E-state index in [9.17, 15) is 14.4 Å². The molecular weight excluding hydrogens is 280 g/mol. The summed E-state index contributed by atoms with van der Waals surface area (Å²) in [5.74, 6) is -2.79. The van der Waals surface area contributed by atoms with Crippen LogP contribution in [-0.4, -0.2) is 42.5 Å². The highest BCUT2D eigenvalue weighted by molar-refractivity contribution is 6.11. The molecule has 0 aliphatic heterocycles. The Morgan fingerprint density at radius 1 is 1.14 bits per heavy atom. The van der Waals surface area contributed by atoms with Gasteiger partial charge < -0.3 is 16.2 Å². The van der Waals surface area contributed by atoms with E-state index >= 15 is 0 Å². The topological polar surface area (TPSA) is 145 Å². The third kappa shape index (κ3) is 2.45. The molecule has 2 aromatic heterocycles. The van der Waals surface area contributed by atoms with E-state index in [1.54, 1.807) is 0 Å². The van der Waals surface area contributed by atoms with Crippen LogP contribution < -0.4 is 11.1 Å². The number of nitrogens with one attached hydrogen (secondary N) is 1. The molecule has 110 valence electrons. The molecule has 0 aliphatic carbocycles. The average Bonchev–Trinajstić information content (AvgIpc) is 2.92. The summed E-state index contributed by atoms with van der Waals surface area (Å²) in [6.07, 6.45) is 2.31. The number of primary amides is 1. The second-order valence-corrected chi connectivity index (χ2v) is 4.18. The molecule has 21 heavy (non-hydrogen) atoms. The number of hydrogen-bond acceptors (Lipinski definition) is 5. The summed E-state index contributed by atoms with van der Waals surface area (Å²) in [5, 5.41) is 19.0. The second kappa shape index (κ2) is 5.07. The maximum atomic E-state index is 12.2. The number of aromatic nitrogens is 4. The quantitative estimate of drug-likeness (QED) is 0.672. The van der Waals surface area contributed by atoms with Gasteiger partial charge in [0, 0.05) is 14.1 Å². The van der Waals surface area contributed by atoms with E-state index in [2.05, 4.69) is 15.5 Å². The number of amides is 2. The van der Waals surface area contributed by atoms with Crippen LogP contribution in [0, 0.1) is 0 Å². The molecule has 0 aliphatic rings. The highest BCUT2D eigenvalue weighted by Gasteiger charge is 2.24. The molecule has 4 N–H and O–H groups in total. The minimum absolute atomic E-state index is 0.00222. The van der Waals surface area contributed by atoms with E-state index in [1.807, 2.05) is 0 Å².